The molecule has 2 nitrogen and oxygen atoms in total. The van der Waals surface area contributed by atoms with Crippen molar-refractivity contribution in [2.75, 3.05) is 5.43 Å². The van der Waals surface area contributed by atoms with Gasteiger partial charge in [0, 0.05) is 5.71 Å². The Morgan fingerprint density at radius 2 is 2.12 bits per heavy atom. The van der Waals surface area contributed by atoms with Crippen LogP contribution >= 0.6 is 0 Å². The quantitative estimate of drug-likeness (QED) is 0.481. The van der Waals surface area contributed by atoms with Crippen molar-refractivity contribution in [2.24, 2.45) is 11.0 Å². The van der Waals surface area contributed by atoms with Gasteiger partial charge in [0.2, 0.25) is 0 Å². The smallest absolute Gasteiger partial charge is 0.147 e. The summed E-state index contributed by atoms with van der Waals surface area (Å²) in [6.07, 6.45) is 4.93. The van der Waals surface area contributed by atoms with Crippen LogP contribution in [0.2, 0.25) is 0 Å². The topological polar surface area (TPSA) is 24.4 Å². The first kappa shape index (κ1) is 12.2. The van der Waals surface area contributed by atoms with Crippen molar-refractivity contribution in [3.63, 3.8) is 0 Å². The molecule has 1 aliphatic rings. The standard InChI is InChI=1S/C13H16BFN2/c1-9(10-4-2-3-5-10)16-17-13-7-6-11(14)8-12(13)15/h6-8,10,17H,2-5H2,1H3/b16-9+. The fraction of sp³-hybridized carbons (Fsp3) is 0.462. The highest BCUT2D eigenvalue weighted by molar-refractivity contribution is 6.32. The molecule has 17 heavy (non-hydrogen) atoms. The van der Waals surface area contributed by atoms with Gasteiger partial charge in [-0.1, -0.05) is 24.4 Å². The van der Waals surface area contributed by atoms with Gasteiger partial charge in [-0.3, -0.25) is 5.43 Å². The molecule has 1 N–H and O–H groups in total. The summed E-state index contributed by atoms with van der Waals surface area (Å²) >= 11 is 0. The minimum Gasteiger partial charge on any atom is -0.276 e. The maximum absolute atomic E-state index is 13.5. The van der Waals surface area contributed by atoms with Crippen LogP contribution in [0.15, 0.2) is 23.3 Å². The van der Waals surface area contributed by atoms with Crippen LogP contribution in [0.4, 0.5) is 10.1 Å². The Kier molecular flexibility index (Phi) is 3.82. The monoisotopic (exact) mass is 230 g/mol. The van der Waals surface area contributed by atoms with Crippen molar-refractivity contribution in [2.45, 2.75) is 32.6 Å². The molecule has 1 aromatic rings. The van der Waals surface area contributed by atoms with Gasteiger partial charge in [0.05, 0.1) is 5.69 Å². The van der Waals surface area contributed by atoms with Gasteiger partial charge >= 0.3 is 0 Å². The number of nitrogens with one attached hydrogen (secondary N) is 1. The number of nitrogens with zero attached hydrogens (tertiary/aromatic N) is 1. The van der Waals surface area contributed by atoms with E-state index in [1.807, 2.05) is 6.92 Å². The molecule has 0 atom stereocenters. The van der Waals surface area contributed by atoms with Crippen LogP contribution in [-0.2, 0) is 0 Å². The number of halogens is 1. The molecule has 0 spiro atoms. The number of hydrazone groups is 1. The summed E-state index contributed by atoms with van der Waals surface area (Å²) in [5, 5.41) is 4.25. The van der Waals surface area contributed by atoms with Crippen LogP contribution in [0.25, 0.3) is 0 Å². The van der Waals surface area contributed by atoms with Crippen molar-refractivity contribution >= 4 is 24.7 Å². The van der Waals surface area contributed by atoms with Gasteiger partial charge in [-0.2, -0.15) is 5.10 Å². The van der Waals surface area contributed by atoms with Crippen LogP contribution in [0, 0.1) is 11.7 Å². The van der Waals surface area contributed by atoms with Gasteiger partial charge in [0.25, 0.3) is 0 Å². The predicted molar refractivity (Wildman–Crippen MR) is 70.5 cm³/mol. The minimum atomic E-state index is -0.368. The summed E-state index contributed by atoms with van der Waals surface area (Å²) in [4.78, 5) is 0. The lowest BCUT2D eigenvalue weighted by Crippen LogP contribution is -2.10. The summed E-state index contributed by atoms with van der Waals surface area (Å²) in [7, 11) is 5.48. The zero-order chi connectivity index (χ0) is 12.3. The van der Waals surface area contributed by atoms with Gasteiger partial charge in [-0.15, -0.1) is 0 Å². The molecule has 0 amide bonds. The largest absolute Gasteiger partial charge is 0.276 e. The normalized spacial score (nSPS) is 17.4. The molecule has 0 saturated heterocycles. The van der Waals surface area contributed by atoms with Gasteiger partial charge < -0.3 is 0 Å². The fourth-order valence-electron chi connectivity index (χ4n) is 2.21. The highest BCUT2D eigenvalue weighted by Gasteiger charge is 2.17. The van der Waals surface area contributed by atoms with Gasteiger partial charge in [-0.05, 0) is 37.8 Å². The third-order valence-corrected chi connectivity index (χ3v) is 3.29. The highest BCUT2D eigenvalue weighted by Crippen LogP contribution is 2.26. The van der Waals surface area contributed by atoms with E-state index >= 15 is 0 Å². The maximum Gasteiger partial charge on any atom is 0.147 e. The van der Waals surface area contributed by atoms with Crippen LogP contribution in [0.1, 0.15) is 32.6 Å². The van der Waals surface area contributed by atoms with Gasteiger partial charge in [0.1, 0.15) is 13.7 Å². The Bertz CT molecular complexity index is 425. The molecule has 0 bridgehead atoms. The highest BCUT2D eigenvalue weighted by atomic mass is 19.1. The predicted octanol–water partition coefficient (Wildman–Crippen LogP) is 2.60. The molecule has 0 heterocycles. The van der Waals surface area contributed by atoms with Crippen LogP contribution < -0.4 is 10.9 Å². The Morgan fingerprint density at radius 1 is 1.41 bits per heavy atom. The molecule has 0 aromatic heterocycles. The van der Waals surface area contributed by atoms with Crippen LogP contribution in [0.5, 0.6) is 0 Å². The zero-order valence-corrected chi connectivity index (χ0v) is 10.0. The zero-order valence-electron chi connectivity index (χ0n) is 10.0. The second kappa shape index (κ2) is 5.34. The van der Waals surface area contributed by atoms with Gasteiger partial charge in [0.15, 0.2) is 0 Å². The molecule has 4 heteroatoms. The Morgan fingerprint density at radius 3 is 2.76 bits per heavy atom. The summed E-state index contributed by atoms with van der Waals surface area (Å²) in [5.74, 6) is 0.187. The molecular formula is C13H16BFN2. The number of hydrogen-bond acceptors (Lipinski definition) is 2. The van der Waals surface area contributed by atoms with Crippen molar-refractivity contribution in [1.29, 1.82) is 0 Å². The SMILES string of the molecule is [B]c1ccc(N/N=C(\C)C2CCCC2)c(F)c1. The van der Waals surface area contributed by atoms with Crippen LogP contribution in [0.3, 0.4) is 0 Å². The Balaban J connectivity index is 2.03. The lowest BCUT2D eigenvalue weighted by molar-refractivity contribution is 0.631. The van der Waals surface area contributed by atoms with E-state index in [0.29, 0.717) is 17.1 Å². The lowest BCUT2D eigenvalue weighted by Gasteiger charge is -2.09. The van der Waals surface area contributed by atoms with E-state index in [9.17, 15) is 4.39 Å². The van der Waals surface area contributed by atoms with E-state index in [2.05, 4.69) is 10.5 Å². The molecule has 0 aliphatic heterocycles. The Hall–Kier alpha value is -1.32. The molecule has 88 valence electrons. The molecule has 1 saturated carbocycles. The lowest BCUT2D eigenvalue weighted by atomic mass is 9.96. The molecule has 1 aliphatic carbocycles. The number of hydrogen-bond donors (Lipinski definition) is 1. The van der Waals surface area contributed by atoms with E-state index in [-0.39, 0.29) is 5.82 Å². The first-order valence-electron chi connectivity index (χ1n) is 6.02. The number of rotatable bonds is 3. The molecule has 2 radical (unpaired) electrons. The molecule has 1 fully saturated rings. The summed E-state index contributed by atoms with van der Waals surface area (Å²) in [5.41, 5.74) is 4.62. The number of anilines is 1. The summed E-state index contributed by atoms with van der Waals surface area (Å²) in [6.45, 7) is 2.00. The number of benzene rings is 1. The maximum atomic E-state index is 13.5. The second-order valence-electron chi connectivity index (χ2n) is 4.59. The second-order valence-corrected chi connectivity index (χ2v) is 4.59. The van der Waals surface area contributed by atoms with Crippen molar-refractivity contribution < 1.29 is 4.39 Å². The average Bonchev–Trinajstić information content (AvgIpc) is 2.81. The van der Waals surface area contributed by atoms with Crippen molar-refractivity contribution in [3.8, 4) is 0 Å². The first-order chi connectivity index (χ1) is 8.16. The van der Waals surface area contributed by atoms with E-state index in [1.54, 1.807) is 12.1 Å². The summed E-state index contributed by atoms with van der Waals surface area (Å²) in [6, 6.07) is 4.56. The molecule has 2 rings (SSSR count). The summed E-state index contributed by atoms with van der Waals surface area (Å²) < 4.78 is 13.5. The van der Waals surface area contributed by atoms with E-state index in [0.717, 1.165) is 5.71 Å². The molecular weight excluding hydrogens is 214 g/mol. The minimum absolute atomic E-state index is 0.368. The third kappa shape index (κ3) is 3.08. The molecule has 0 unspecified atom stereocenters. The molecule has 1 aromatic carbocycles. The van der Waals surface area contributed by atoms with E-state index in [1.165, 1.54) is 31.7 Å². The van der Waals surface area contributed by atoms with Crippen molar-refractivity contribution in [1.82, 2.24) is 0 Å². The Labute approximate surface area is 103 Å². The van der Waals surface area contributed by atoms with Crippen molar-refractivity contribution in [3.05, 3.63) is 24.0 Å². The average molecular weight is 230 g/mol. The third-order valence-electron chi connectivity index (χ3n) is 3.29. The fourth-order valence-corrected chi connectivity index (χ4v) is 2.21. The van der Waals surface area contributed by atoms with Gasteiger partial charge in [-0.25, -0.2) is 4.39 Å². The first-order valence-corrected chi connectivity index (χ1v) is 6.02. The van der Waals surface area contributed by atoms with E-state index in [4.69, 9.17) is 7.85 Å². The van der Waals surface area contributed by atoms with Crippen LogP contribution in [-0.4, -0.2) is 13.6 Å². The van der Waals surface area contributed by atoms with E-state index < -0.39 is 0 Å².